The minimum atomic E-state index is -3.69. The second kappa shape index (κ2) is 6.31. The van der Waals surface area contributed by atoms with E-state index in [1.54, 1.807) is 12.1 Å². The Labute approximate surface area is 125 Å². The van der Waals surface area contributed by atoms with Gasteiger partial charge in [0.2, 0.25) is 10.0 Å². The SMILES string of the molecule is CCc1ccc(N)cc1S(=O)(=O)NCC1(O)CCOCC1. The van der Waals surface area contributed by atoms with E-state index in [4.69, 9.17) is 10.5 Å². The first-order chi connectivity index (χ1) is 9.86. The first-order valence-corrected chi connectivity index (χ1v) is 8.53. The standard InChI is InChI=1S/C14H22N2O4S/c1-2-11-3-4-12(15)9-13(11)21(18,19)16-10-14(17)5-7-20-8-6-14/h3-4,9,16-17H,2,5-8,10,15H2,1H3. The maximum absolute atomic E-state index is 12.4. The number of hydrogen-bond donors (Lipinski definition) is 3. The van der Waals surface area contributed by atoms with Gasteiger partial charge in [0.1, 0.15) is 0 Å². The molecule has 1 aliphatic heterocycles. The van der Waals surface area contributed by atoms with Crippen LogP contribution in [-0.4, -0.2) is 38.9 Å². The van der Waals surface area contributed by atoms with Crippen molar-refractivity contribution in [2.45, 2.75) is 36.7 Å². The number of nitrogens with one attached hydrogen (secondary N) is 1. The maximum Gasteiger partial charge on any atom is 0.241 e. The highest BCUT2D eigenvalue weighted by Crippen LogP contribution is 2.23. The lowest BCUT2D eigenvalue weighted by atomic mass is 9.95. The van der Waals surface area contributed by atoms with Crippen molar-refractivity contribution in [1.82, 2.24) is 4.72 Å². The molecule has 1 aromatic rings. The van der Waals surface area contributed by atoms with Crippen LogP contribution in [0.15, 0.2) is 23.1 Å². The summed E-state index contributed by atoms with van der Waals surface area (Å²) in [7, 11) is -3.69. The van der Waals surface area contributed by atoms with Crippen molar-refractivity contribution in [2.24, 2.45) is 0 Å². The summed E-state index contributed by atoms with van der Waals surface area (Å²) in [5.74, 6) is 0. The Kier molecular flexibility index (Phi) is 4.88. The molecule has 1 heterocycles. The summed E-state index contributed by atoms with van der Waals surface area (Å²) >= 11 is 0. The van der Waals surface area contributed by atoms with Gasteiger partial charge in [-0.3, -0.25) is 0 Å². The number of anilines is 1. The minimum Gasteiger partial charge on any atom is -0.399 e. The van der Waals surface area contributed by atoms with Crippen LogP contribution in [0.5, 0.6) is 0 Å². The van der Waals surface area contributed by atoms with E-state index in [9.17, 15) is 13.5 Å². The Morgan fingerprint density at radius 2 is 2.05 bits per heavy atom. The van der Waals surface area contributed by atoms with Crippen LogP contribution in [0.25, 0.3) is 0 Å². The molecular formula is C14H22N2O4S. The lowest BCUT2D eigenvalue weighted by molar-refractivity contribution is -0.0588. The fourth-order valence-electron chi connectivity index (χ4n) is 2.35. The molecule has 1 aliphatic rings. The van der Waals surface area contributed by atoms with Crippen molar-refractivity contribution in [3.05, 3.63) is 23.8 Å². The van der Waals surface area contributed by atoms with Crippen LogP contribution in [0.3, 0.4) is 0 Å². The van der Waals surface area contributed by atoms with Crippen molar-refractivity contribution in [3.63, 3.8) is 0 Å². The van der Waals surface area contributed by atoms with E-state index in [0.29, 0.717) is 43.7 Å². The van der Waals surface area contributed by atoms with E-state index < -0.39 is 15.6 Å². The first kappa shape index (κ1) is 16.2. The van der Waals surface area contributed by atoms with E-state index >= 15 is 0 Å². The zero-order valence-corrected chi connectivity index (χ0v) is 12.9. The zero-order valence-electron chi connectivity index (χ0n) is 12.1. The number of nitrogens with two attached hydrogens (primary N) is 1. The third-order valence-corrected chi connectivity index (χ3v) is 5.26. The number of aryl methyl sites for hydroxylation is 1. The van der Waals surface area contributed by atoms with Crippen LogP contribution in [0.1, 0.15) is 25.3 Å². The predicted molar refractivity (Wildman–Crippen MR) is 80.4 cm³/mol. The Hall–Kier alpha value is -1.15. The largest absolute Gasteiger partial charge is 0.399 e. The fourth-order valence-corrected chi connectivity index (χ4v) is 3.81. The van der Waals surface area contributed by atoms with Gasteiger partial charge in [-0.15, -0.1) is 0 Å². The molecule has 0 saturated carbocycles. The number of ether oxygens (including phenoxy) is 1. The number of aliphatic hydroxyl groups is 1. The average Bonchev–Trinajstić information content (AvgIpc) is 2.46. The number of benzene rings is 1. The van der Waals surface area contributed by atoms with Gasteiger partial charge in [0.15, 0.2) is 0 Å². The van der Waals surface area contributed by atoms with Gasteiger partial charge in [0.25, 0.3) is 0 Å². The average molecular weight is 314 g/mol. The molecule has 1 saturated heterocycles. The van der Waals surface area contributed by atoms with E-state index in [0.717, 1.165) is 0 Å². The third-order valence-electron chi connectivity index (χ3n) is 3.78. The van der Waals surface area contributed by atoms with Gasteiger partial charge in [-0.05, 0) is 24.1 Å². The predicted octanol–water partition coefficient (Wildman–Crippen LogP) is 0.651. The van der Waals surface area contributed by atoms with Crippen molar-refractivity contribution < 1.29 is 18.3 Å². The van der Waals surface area contributed by atoms with Crippen LogP contribution in [0.2, 0.25) is 0 Å². The van der Waals surface area contributed by atoms with Crippen LogP contribution in [0, 0.1) is 0 Å². The Balaban J connectivity index is 2.17. The molecule has 0 atom stereocenters. The second-order valence-electron chi connectivity index (χ2n) is 5.38. The normalized spacial score (nSPS) is 18.6. The van der Waals surface area contributed by atoms with Gasteiger partial charge in [-0.2, -0.15) is 0 Å². The quantitative estimate of drug-likeness (QED) is 0.693. The minimum absolute atomic E-state index is 0.0172. The lowest BCUT2D eigenvalue weighted by Gasteiger charge is -2.32. The van der Waals surface area contributed by atoms with Gasteiger partial charge in [-0.1, -0.05) is 13.0 Å². The van der Waals surface area contributed by atoms with Crippen molar-refractivity contribution in [1.29, 1.82) is 0 Å². The van der Waals surface area contributed by atoms with Gasteiger partial charge in [-0.25, -0.2) is 13.1 Å². The number of hydrogen-bond acceptors (Lipinski definition) is 5. The summed E-state index contributed by atoms with van der Waals surface area (Å²) in [6, 6.07) is 4.85. The molecule has 0 aromatic heterocycles. The summed E-state index contributed by atoms with van der Waals surface area (Å²) in [6.45, 7) is 2.75. The summed E-state index contributed by atoms with van der Waals surface area (Å²) in [6.07, 6.45) is 1.44. The highest BCUT2D eigenvalue weighted by atomic mass is 32.2. The molecule has 1 aromatic carbocycles. The Morgan fingerprint density at radius 1 is 1.38 bits per heavy atom. The van der Waals surface area contributed by atoms with Crippen molar-refractivity contribution >= 4 is 15.7 Å². The number of sulfonamides is 1. The zero-order chi connectivity index (χ0) is 15.5. The molecule has 118 valence electrons. The van der Waals surface area contributed by atoms with Crippen molar-refractivity contribution in [3.8, 4) is 0 Å². The van der Waals surface area contributed by atoms with Crippen LogP contribution < -0.4 is 10.5 Å². The van der Waals surface area contributed by atoms with E-state index in [-0.39, 0.29) is 11.4 Å². The monoisotopic (exact) mass is 314 g/mol. The first-order valence-electron chi connectivity index (χ1n) is 7.04. The maximum atomic E-state index is 12.4. The topological polar surface area (TPSA) is 102 Å². The van der Waals surface area contributed by atoms with Crippen LogP contribution in [-0.2, 0) is 21.2 Å². The molecule has 21 heavy (non-hydrogen) atoms. The molecular weight excluding hydrogens is 292 g/mol. The van der Waals surface area contributed by atoms with E-state index in [1.165, 1.54) is 6.07 Å². The summed E-state index contributed by atoms with van der Waals surface area (Å²) in [4.78, 5) is 0.181. The third kappa shape index (κ3) is 3.94. The molecule has 7 heteroatoms. The Bertz CT molecular complexity index is 595. The van der Waals surface area contributed by atoms with Crippen LogP contribution >= 0.6 is 0 Å². The molecule has 0 amide bonds. The van der Waals surface area contributed by atoms with Gasteiger partial charge in [0, 0.05) is 38.3 Å². The molecule has 0 aliphatic carbocycles. The molecule has 2 rings (SSSR count). The number of rotatable bonds is 5. The highest BCUT2D eigenvalue weighted by molar-refractivity contribution is 7.89. The summed E-state index contributed by atoms with van der Waals surface area (Å²) in [5, 5.41) is 10.3. The molecule has 0 radical (unpaired) electrons. The molecule has 4 N–H and O–H groups in total. The second-order valence-corrected chi connectivity index (χ2v) is 7.12. The molecule has 6 nitrogen and oxygen atoms in total. The summed E-state index contributed by atoms with van der Waals surface area (Å²) in [5.41, 5.74) is 5.75. The molecule has 1 fully saturated rings. The van der Waals surface area contributed by atoms with E-state index in [2.05, 4.69) is 4.72 Å². The van der Waals surface area contributed by atoms with Gasteiger partial charge < -0.3 is 15.6 Å². The number of nitrogen functional groups attached to an aromatic ring is 1. The molecule has 0 unspecified atom stereocenters. The van der Waals surface area contributed by atoms with E-state index in [1.807, 2.05) is 6.92 Å². The Morgan fingerprint density at radius 3 is 2.67 bits per heavy atom. The van der Waals surface area contributed by atoms with Crippen LogP contribution in [0.4, 0.5) is 5.69 Å². The fraction of sp³-hybridized carbons (Fsp3) is 0.571. The van der Waals surface area contributed by atoms with Gasteiger partial charge in [0.05, 0.1) is 10.5 Å². The van der Waals surface area contributed by atoms with Gasteiger partial charge >= 0.3 is 0 Å². The highest BCUT2D eigenvalue weighted by Gasteiger charge is 2.31. The smallest absolute Gasteiger partial charge is 0.241 e. The molecule has 0 bridgehead atoms. The summed E-state index contributed by atoms with van der Waals surface area (Å²) < 4.78 is 32.6. The van der Waals surface area contributed by atoms with Crippen molar-refractivity contribution in [2.75, 3.05) is 25.5 Å². The molecule has 0 spiro atoms. The lowest BCUT2D eigenvalue weighted by Crippen LogP contribution is -2.46.